The van der Waals surface area contributed by atoms with Gasteiger partial charge in [-0.3, -0.25) is 4.79 Å². The normalized spacial score (nSPS) is 16.3. The summed E-state index contributed by atoms with van der Waals surface area (Å²) in [6.45, 7) is 3.07. The number of halogens is 1. The number of benzene rings is 2. The first-order valence-electron chi connectivity index (χ1n) is 8.36. The van der Waals surface area contributed by atoms with Gasteiger partial charge in [0.05, 0.1) is 18.1 Å². The number of carbonyl (C=O) groups is 1. The number of para-hydroxylation sites is 1. The Kier molecular flexibility index (Phi) is 6.77. The smallest absolute Gasteiger partial charge is 0.263 e. The van der Waals surface area contributed by atoms with Crippen molar-refractivity contribution in [1.29, 1.82) is 0 Å². The topological polar surface area (TPSA) is 47.6 Å². The van der Waals surface area contributed by atoms with Gasteiger partial charge in [0.25, 0.3) is 5.91 Å². The summed E-state index contributed by atoms with van der Waals surface area (Å²) < 4.78 is 12.2. The highest BCUT2D eigenvalue weighted by molar-refractivity contribution is 8.26. The summed E-state index contributed by atoms with van der Waals surface area (Å²) in [4.78, 5) is 12.4. The van der Waals surface area contributed by atoms with E-state index in [0.717, 1.165) is 11.3 Å². The van der Waals surface area contributed by atoms with E-state index < -0.39 is 0 Å². The fourth-order valence-corrected chi connectivity index (χ4v) is 3.58. The van der Waals surface area contributed by atoms with Crippen molar-refractivity contribution in [2.45, 2.75) is 6.92 Å². The van der Waals surface area contributed by atoms with Gasteiger partial charge in [0.1, 0.15) is 15.8 Å². The van der Waals surface area contributed by atoms with Gasteiger partial charge in [0.15, 0.2) is 0 Å². The average Bonchev–Trinajstić information content (AvgIpc) is 2.97. The Labute approximate surface area is 172 Å². The van der Waals surface area contributed by atoms with E-state index in [1.807, 2.05) is 30.3 Å². The lowest BCUT2D eigenvalue weighted by Crippen LogP contribution is -2.18. The van der Waals surface area contributed by atoms with E-state index in [4.69, 9.17) is 33.3 Å². The lowest BCUT2D eigenvalue weighted by molar-refractivity contribution is -0.115. The fraction of sp³-hybridized carbons (Fsp3) is 0.200. The zero-order valence-electron chi connectivity index (χ0n) is 14.6. The summed E-state index contributed by atoms with van der Waals surface area (Å²) in [7, 11) is 0. The molecule has 0 saturated carbocycles. The monoisotopic (exact) mass is 419 g/mol. The lowest BCUT2D eigenvalue weighted by atomic mass is 10.1. The number of rotatable bonds is 7. The Morgan fingerprint density at radius 2 is 1.93 bits per heavy atom. The third-order valence-electron chi connectivity index (χ3n) is 3.70. The number of ether oxygens (including phenoxy) is 2. The molecule has 1 amide bonds. The van der Waals surface area contributed by atoms with Crippen LogP contribution in [-0.4, -0.2) is 23.4 Å². The SMILES string of the molecule is CC(COc1ccccc1)COc1ccc(Cl)cc1/C=C1/SC(=S)NC1=O. The summed E-state index contributed by atoms with van der Waals surface area (Å²) in [5, 5.41) is 3.17. The Morgan fingerprint density at radius 1 is 1.19 bits per heavy atom. The van der Waals surface area contributed by atoms with Crippen LogP contribution in [0.2, 0.25) is 5.02 Å². The van der Waals surface area contributed by atoms with Crippen LogP contribution in [-0.2, 0) is 4.79 Å². The third kappa shape index (κ3) is 5.73. The number of amides is 1. The molecule has 1 aliphatic rings. The lowest BCUT2D eigenvalue weighted by Gasteiger charge is -2.16. The second-order valence-electron chi connectivity index (χ2n) is 6.07. The standard InChI is InChI=1S/C20H18ClNO3S2/c1-13(11-24-16-5-3-2-4-6-16)12-25-17-8-7-15(21)9-14(17)10-18-19(23)22-20(26)27-18/h2-10,13H,11-12H2,1H3,(H,22,23,26)/b18-10+. The Bertz CT molecular complexity index is 871. The van der Waals surface area contributed by atoms with E-state index >= 15 is 0 Å². The van der Waals surface area contributed by atoms with Gasteiger partial charge in [0.2, 0.25) is 0 Å². The first-order valence-corrected chi connectivity index (χ1v) is 9.96. The summed E-state index contributed by atoms with van der Waals surface area (Å²) in [6.07, 6.45) is 1.74. The molecule has 2 aromatic rings. The van der Waals surface area contributed by atoms with Gasteiger partial charge in [-0.05, 0) is 36.4 Å². The van der Waals surface area contributed by atoms with Gasteiger partial charge >= 0.3 is 0 Å². The van der Waals surface area contributed by atoms with Crippen molar-refractivity contribution in [3.63, 3.8) is 0 Å². The maximum absolute atomic E-state index is 11.9. The summed E-state index contributed by atoms with van der Waals surface area (Å²) in [6, 6.07) is 15.0. The predicted octanol–water partition coefficient (Wildman–Crippen LogP) is 4.92. The Morgan fingerprint density at radius 3 is 2.63 bits per heavy atom. The molecule has 0 bridgehead atoms. The fourth-order valence-electron chi connectivity index (χ4n) is 2.36. The maximum Gasteiger partial charge on any atom is 0.263 e. The van der Waals surface area contributed by atoms with E-state index in [2.05, 4.69) is 12.2 Å². The van der Waals surface area contributed by atoms with Crippen molar-refractivity contribution in [1.82, 2.24) is 5.32 Å². The minimum Gasteiger partial charge on any atom is -0.493 e. The molecule has 1 fully saturated rings. The van der Waals surface area contributed by atoms with Crippen molar-refractivity contribution in [2.24, 2.45) is 5.92 Å². The van der Waals surface area contributed by atoms with Gasteiger partial charge in [0, 0.05) is 16.5 Å². The first-order chi connectivity index (χ1) is 13.0. The average molecular weight is 420 g/mol. The van der Waals surface area contributed by atoms with Crippen LogP contribution in [0.4, 0.5) is 0 Å². The van der Waals surface area contributed by atoms with Crippen LogP contribution in [0.1, 0.15) is 12.5 Å². The van der Waals surface area contributed by atoms with Crippen LogP contribution in [0.3, 0.4) is 0 Å². The molecule has 1 aliphatic heterocycles. The molecule has 0 aliphatic carbocycles. The molecule has 4 nitrogen and oxygen atoms in total. The molecule has 1 saturated heterocycles. The number of hydrogen-bond acceptors (Lipinski definition) is 5. The minimum absolute atomic E-state index is 0.179. The molecule has 0 radical (unpaired) electrons. The van der Waals surface area contributed by atoms with Crippen molar-refractivity contribution >= 4 is 51.9 Å². The van der Waals surface area contributed by atoms with Crippen LogP contribution in [0, 0.1) is 5.92 Å². The maximum atomic E-state index is 11.9. The molecule has 3 rings (SSSR count). The van der Waals surface area contributed by atoms with Gasteiger partial charge in [-0.25, -0.2) is 0 Å². The highest BCUT2D eigenvalue weighted by Crippen LogP contribution is 2.31. The van der Waals surface area contributed by atoms with Crippen LogP contribution >= 0.6 is 35.6 Å². The molecule has 0 aromatic heterocycles. The number of hydrogen-bond donors (Lipinski definition) is 1. The zero-order valence-corrected chi connectivity index (χ0v) is 17.0. The molecular formula is C20H18ClNO3S2. The molecule has 27 heavy (non-hydrogen) atoms. The summed E-state index contributed by atoms with van der Waals surface area (Å²) >= 11 is 12.4. The van der Waals surface area contributed by atoms with Gasteiger partial charge in [-0.1, -0.05) is 60.7 Å². The van der Waals surface area contributed by atoms with Crippen molar-refractivity contribution < 1.29 is 14.3 Å². The van der Waals surface area contributed by atoms with Crippen LogP contribution < -0.4 is 14.8 Å². The van der Waals surface area contributed by atoms with Crippen LogP contribution in [0.25, 0.3) is 6.08 Å². The molecule has 7 heteroatoms. The minimum atomic E-state index is -0.208. The van der Waals surface area contributed by atoms with Gasteiger partial charge in [-0.2, -0.15) is 0 Å². The highest BCUT2D eigenvalue weighted by Gasteiger charge is 2.22. The van der Waals surface area contributed by atoms with E-state index in [1.165, 1.54) is 11.8 Å². The number of carbonyl (C=O) groups excluding carboxylic acids is 1. The quantitative estimate of drug-likeness (QED) is 0.509. The predicted molar refractivity (Wildman–Crippen MR) is 114 cm³/mol. The molecule has 1 N–H and O–H groups in total. The molecule has 0 spiro atoms. The third-order valence-corrected chi connectivity index (χ3v) is 5.10. The second kappa shape index (κ2) is 9.26. The molecule has 1 unspecified atom stereocenters. The summed E-state index contributed by atoms with van der Waals surface area (Å²) in [5.74, 6) is 1.46. The molecule has 1 heterocycles. The van der Waals surface area contributed by atoms with Crippen molar-refractivity contribution in [3.8, 4) is 11.5 Å². The molecule has 1 atom stereocenters. The van der Waals surface area contributed by atoms with E-state index in [0.29, 0.717) is 33.2 Å². The first kappa shape index (κ1) is 19.7. The second-order valence-corrected chi connectivity index (χ2v) is 8.23. The van der Waals surface area contributed by atoms with E-state index in [9.17, 15) is 4.79 Å². The zero-order chi connectivity index (χ0) is 19.2. The van der Waals surface area contributed by atoms with Crippen LogP contribution in [0.5, 0.6) is 11.5 Å². The number of thiocarbonyl (C=S) groups is 1. The summed E-state index contributed by atoms with van der Waals surface area (Å²) in [5.41, 5.74) is 0.737. The number of thioether (sulfide) groups is 1. The van der Waals surface area contributed by atoms with Crippen LogP contribution in [0.15, 0.2) is 53.4 Å². The Hall–Kier alpha value is -2.02. The van der Waals surface area contributed by atoms with Crippen molar-refractivity contribution in [2.75, 3.05) is 13.2 Å². The van der Waals surface area contributed by atoms with Crippen molar-refractivity contribution in [3.05, 3.63) is 64.0 Å². The van der Waals surface area contributed by atoms with Gasteiger partial charge < -0.3 is 14.8 Å². The number of nitrogens with one attached hydrogen (secondary N) is 1. The van der Waals surface area contributed by atoms with E-state index in [1.54, 1.807) is 24.3 Å². The van der Waals surface area contributed by atoms with E-state index in [-0.39, 0.29) is 11.8 Å². The Balaban J connectivity index is 1.64. The molecule has 140 valence electrons. The molecular weight excluding hydrogens is 402 g/mol. The van der Waals surface area contributed by atoms with Gasteiger partial charge in [-0.15, -0.1) is 0 Å². The molecule has 2 aromatic carbocycles. The highest BCUT2D eigenvalue weighted by atomic mass is 35.5. The largest absolute Gasteiger partial charge is 0.493 e.